The van der Waals surface area contributed by atoms with Gasteiger partial charge in [-0.3, -0.25) is 9.78 Å². The van der Waals surface area contributed by atoms with Crippen LogP contribution >= 0.6 is 0 Å². The van der Waals surface area contributed by atoms with Crippen molar-refractivity contribution in [3.63, 3.8) is 0 Å². The largest absolute Gasteiger partial charge is 0.481 e. The Hall–Kier alpha value is -3.41. The molecule has 1 fully saturated rings. The lowest BCUT2D eigenvalue weighted by atomic mass is 10.1. The Morgan fingerprint density at radius 3 is 3.03 bits per heavy atom. The average molecular weight is 483 g/mol. The molecule has 3 aromatic rings. The molecule has 11 heteroatoms. The van der Waals surface area contributed by atoms with E-state index in [0.717, 1.165) is 5.69 Å². The van der Waals surface area contributed by atoms with Gasteiger partial charge in [-0.15, -0.1) is 0 Å². The number of ether oxygens (including phenoxy) is 2. The number of hydrogen-bond acceptors (Lipinski definition) is 9. The Labute approximate surface area is 201 Å². The quantitative estimate of drug-likeness (QED) is 0.434. The fraction of sp³-hybridized carbons (Fsp3) is 0.417. The van der Waals surface area contributed by atoms with Crippen LogP contribution in [0.5, 0.6) is 11.6 Å². The molecule has 1 saturated heterocycles. The minimum Gasteiger partial charge on any atom is -0.481 e. The summed E-state index contributed by atoms with van der Waals surface area (Å²) in [7, 11) is 1.52. The molecule has 2 atom stereocenters. The molecule has 35 heavy (non-hydrogen) atoms. The molecule has 0 aromatic carbocycles. The van der Waals surface area contributed by atoms with Crippen molar-refractivity contribution in [2.45, 2.75) is 19.1 Å². The number of pyridine rings is 3. The van der Waals surface area contributed by atoms with E-state index in [1.165, 1.54) is 13.3 Å². The third kappa shape index (κ3) is 5.16. The molecule has 5 rings (SSSR count). The number of hydrogen-bond donors (Lipinski definition) is 3. The standard InChI is InChI=1S/C24H27FN6O4/c1-34-22-5-3-18-23(30-22)16(17(25)10-27-18)6-7-31-11-14(19(32)12-31)8-26-9-15-2-4-20-24(28-15)29-21(33)13-35-20/h2-5,10,14,19,26,32H,6-9,11-13H2,1H3,(H,28,29,33)/t14-,19-/m0/s1. The highest BCUT2D eigenvalue weighted by Gasteiger charge is 2.31. The van der Waals surface area contributed by atoms with E-state index in [1.54, 1.807) is 18.2 Å². The number of rotatable bonds is 8. The molecule has 0 aliphatic carbocycles. The number of nitrogens with zero attached hydrogens (tertiary/aromatic N) is 4. The number of anilines is 1. The molecule has 3 N–H and O–H groups in total. The van der Waals surface area contributed by atoms with Crippen LogP contribution in [0.2, 0.25) is 0 Å². The zero-order valence-corrected chi connectivity index (χ0v) is 19.3. The number of carbonyl (C=O) groups excluding carboxylic acids is 1. The van der Waals surface area contributed by atoms with E-state index in [4.69, 9.17) is 9.47 Å². The highest BCUT2D eigenvalue weighted by Crippen LogP contribution is 2.26. The van der Waals surface area contributed by atoms with Crippen LogP contribution in [-0.2, 0) is 17.8 Å². The van der Waals surface area contributed by atoms with Gasteiger partial charge in [0.2, 0.25) is 5.88 Å². The number of carbonyl (C=O) groups is 1. The van der Waals surface area contributed by atoms with Crippen molar-refractivity contribution >= 4 is 22.8 Å². The molecule has 1 amide bonds. The molecular formula is C24H27FN6O4. The summed E-state index contributed by atoms with van der Waals surface area (Å²) in [6, 6.07) is 7.10. The molecule has 0 bridgehead atoms. The smallest absolute Gasteiger partial charge is 0.263 e. The van der Waals surface area contributed by atoms with Crippen molar-refractivity contribution in [2.75, 3.05) is 45.2 Å². The zero-order chi connectivity index (χ0) is 24.4. The van der Waals surface area contributed by atoms with Crippen LogP contribution in [0.1, 0.15) is 11.3 Å². The number of aromatic nitrogens is 3. The fourth-order valence-electron chi connectivity index (χ4n) is 4.51. The first-order valence-corrected chi connectivity index (χ1v) is 11.5. The van der Waals surface area contributed by atoms with Gasteiger partial charge < -0.3 is 30.1 Å². The molecule has 0 unspecified atom stereocenters. The Balaban J connectivity index is 1.15. The minimum atomic E-state index is -0.482. The van der Waals surface area contributed by atoms with E-state index < -0.39 is 11.9 Å². The molecule has 0 radical (unpaired) electrons. The first-order valence-electron chi connectivity index (χ1n) is 11.5. The van der Waals surface area contributed by atoms with Crippen LogP contribution in [0.3, 0.4) is 0 Å². The summed E-state index contributed by atoms with van der Waals surface area (Å²) in [6.07, 6.45) is 1.19. The SMILES string of the molecule is COc1ccc2ncc(F)c(CCN3C[C@H](CNCc4ccc5c(n4)NC(=O)CO5)[C@@H](O)C3)c2n1. The summed E-state index contributed by atoms with van der Waals surface area (Å²) in [5.41, 5.74) is 2.38. The molecule has 5 heterocycles. The second-order valence-electron chi connectivity index (χ2n) is 8.76. The number of amides is 1. The summed E-state index contributed by atoms with van der Waals surface area (Å²) in [6.45, 7) is 2.90. The molecule has 0 spiro atoms. The number of β-amino-alcohol motifs (C(OH)–C–C–N with tert-alkyl or cyclic N) is 1. The number of halogens is 1. The van der Waals surface area contributed by atoms with E-state index >= 15 is 0 Å². The van der Waals surface area contributed by atoms with E-state index in [0.29, 0.717) is 73.2 Å². The van der Waals surface area contributed by atoms with Gasteiger partial charge in [-0.2, -0.15) is 0 Å². The number of fused-ring (bicyclic) bond motifs is 2. The monoisotopic (exact) mass is 482 g/mol. The van der Waals surface area contributed by atoms with E-state index in [9.17, 15) is 14.3 Å². The molecule has 3 aromatic heterocycles. The van der Waals surface area contributed by atoms with Crippen molar-refractivity contribution in [3.05, 3.63) is 47.5 Å². The lowest BCUT2D eigenvalue weighted by Crippen LogP contribution is -2.31. The van der Waals surface area contributed by atoms with Gasteiger partial charge in [0, 0.05) is 50.3 Å². The van der Waals surface area contributed by atoms with Crippen molar-refractivity contribution < 1.29 is 23.8 Å². The second-order valence-corrected chi connectivity index (χ2v) is 8.76. The molecule has 2 aliphatic rings. The first kappa shape index (κ1) is 23.3. The third-order valence-electron chi connectivity index (χ3n) is 6.35. The molecule has 10 nitrogen and oxygen atoms in total. The van der Waals surface area contributed by atoms with Gasteiger partial charge >= 0.3 is 0 Å². The van der Waals surface area contributed by atoms with Crippen LogP contribution in [0, 0.1) is 11.7 Å². The fourth-order valence-corrected chi connectivity index (χ4v) is 4.51. The number of aliphatic hydroxyl groups is 1. The van der Waals surface area contributed by atoms with Crippen LogP contribution in [0.4, 0.5) is 10.2 Å². The minimum absolute atomic E-state index is 0.00290. The Morgan fingerprint density at radius 2 is 2.17 bits per heavy atom. The number of nitrogens with one attached hydrogen (secondary N) is 2. The third-order valence-corrected chi connectivity index (χ3v) is 6.35. The highest BCUT2D eigenvalue weighted by molar-refractivity contribution is 5.94. The Morgan fingerprint density at radius 1 is 1.29 bits per heavy atom. The van der Waals surface area contributed by atoms with Gasteiger partial charge in [0.05, 0.1) is 36.1 Å². The van der Waals surface area contributed by atoms with Gasteiger partial charge in [0.25, 0.3) is 5.91 Å². The van der Waals surface area contributed by atoms with Gasteiger partial charge in [-0.05, 0) is 24.6 Å². The lowest BCUT2D eigenvalue weighted by molar-refractivity contribution is -0.118. The summed E-state index contributed by atoms with van der Waals surface area (Å²) < 4.78 is 25.1. The average Bonchev–Trinajstić information content (AvgIpc) is 3.21. The zero-order valence-electron chi connectivity index (χ0n) is 19.3. The van der Waals surface area contributed by atoms with Gasteiger partial charge in [-0.1, -0.05) is 0 Å². The van der Waals surface area contributed by atoms with Crippen LogP contribution in [-0.4, -0.2) is 76.9 Å². The Bertz CT molecular complexity index is 1240. The maximum Gasteiger partial charge on any atom is 0.263 e. The Kier molecular flexibility index (Phi) is 6.71. The van der Waals surface area contributed by atoms with Gasteiger partial charge in [0.1, 0.15) is 5.82 Å². The number of likely N-dealkylation sites (tertiary alicyclic amines) is 1. The van der Waals surface area contributed by atoms with Crippen LogP contribution in [0.25, 0.3) is 11.0 Å². The summed E-state index contributed by atoms with van der Waals surface area (Å²) in [4.78, 5) is 26.6. The molecule has 184 valence electrons. The predicted octanol–water partition coefficient (Wildman–Crippen LogP) is 1.13. The second kappa shape index (κ2) is 10.1. The highest BCUT2D eigenvalue weighted by atomic mass is 19.1. The number of aliphatic hydroxyl groups excluding tert-OH is 1. The molecule has 2 aliphatic heterocycles. The normalized spacial score (nSPS) is 19.9. The van der Waals surface area contributed by atoms with Gasteiger partial charge in [-0.25, -0.2) is 14.4 Å². The van der Waals surface area contributed by atoms with Crippen molar-refractivity contribution in [2.24, 2.45) is 5.92 Å². The van der Waals surface area contributed by atoms with E-state index in [2.05, 4.69) is 30.5 Å². The van der Waals surface area contributed by atoms with Crippen molar-refractivity contribution in [1.82, 2.24) is 25.2 Å². The number of methoxy groups -OCH3 is 1. The predicted molar refractivity (Wildman–Crippen MR) is 126 cm³/mol. The first-order chi connectivity index (χ1) is 17.0. The van der Waals surface area contributed by atoms with Crippen LogP contribution in [0.15, 0.2) is 30.5 Å². The summed E-state index contributed by atoms with van der Waals surface area (Å²) in [5, 5.41) is 16.6. The summed E-state index contributed by atoms with van der Waals surface area (Å²) in [5.74, 6) is 0.817. The van der Waals surface area contributed by atoms with Crippen LogP contribution < -0.4 is 20.1 Å². The van der Waals surface area contributed by atoms with Crippen molar-refractivity contribution in [1.29, 1.82) is 0 Å². The van der Waals surface area contributed by atoms with E-state index in [-0.39, 0.29) is 18.4 Å². The maximum atomic E-state index is 14.6. The maximum absolute atomic E-state index is 14.6. The summed E-state index contributed by atoms with van der Waals surface area (Å²) >= 11 is 0. The lowest BCUT2D eigenvalue weighted by Gasteiger charge is -2.18. The molecule has 0 saturated carbocycles. The van der Waals surface area contributed by atoms with Crippen molar-refractivity contribution in [3.8, 4) is 11.6 Å². The topological polar surface area (TPSA) is 122 Å². The molecular weight excluding hydrogens is 455 g/mol. The van der Waals surface area contributed by atoms with E-state index in [1.807, 2.05) is 6.07 Å². The van der Waals surface area contributed by atoms with Gasteiger partial charge in [0.15, 0.2) is 18.2 Å².